The highest BCUT2D eigenvalue weighted by Gasteiger charge is 2.16. The molecule has 146 valence electrons. The molecule has 0 atom stereocenters. The van der Waals surface area contributed by atoms with E-state index in [2.05, 4.69) is 12.2 Å². The fourth-order valence-electron chi connectivity index (χ4n) is 2.76. The zero-order valence-electron chi connectivity index (χ0n) is 16.2. The SMILES string of the molecule is CCCCCCNCc1ccc(-c2cc(C(=O)OC)cc(C(=O)OC)c2)o1. The van der Waals surface area contributed by atoms with E-state index in [0.29, 0.717) is 17.9 Å². The van der Waals surface area contributed by atoms with Crippen LogP contribution in [0.5, 0.6) is 0 Å². The summed E-state index contributed by atoms with van der Waals surface area (Å²) in [5, 5.41) is 3.36. The Labute approximate surface area is 159 Å². The third-order valence-electron chi connectivity index (χ3n) is 4.23. The predicted octanol–water partition coefficient (Wildman–Crippen LogP) is 4.19. The van der Waals surface area contributed by atoms with E-state index >= 15 is 0 Å². The standard InChI is InChI=1S/C21H27NO5/c1-4-5-6-7-10-22-14-18-8-9-19(27-18)15-11-16(20(23)25-2)13-17(12-15)21(24)26-3/h8-9,11-13,22H,4-7,10,14H2,1-3H3. The van der Waals surface area contributed by atoms with Crippen molar-refractivity contribution < 1.29 is 23.5 Å². The maximum Gasteiger partial charge on any atom is 0.337 e. The highest BCUT2D eigenvalue weighted by molar-refractivity contribution is 5.97. The molecule has 0 fully saturated rings. The predicted molar refractivity (Wildman–Crippen MR) is 103 cm³/mol. The van der Waals surface area contributed by atoms with Crippen LogP contribution >= 0.6 is 0 Å². The molecule has 1 heterocycles. The number of ether oxygens (including phenoxy) is 2. The van der Waals surface area contributed by atoms with Crippen molar-refractivity contribution in [2.24, 2.45) is 0 Å². The van der Waals surface area contributed by atoms with E-state index in [4.69, 9.17) is 13.9 Å². The lowest BCUT2D eigenvalue weighted by Gasteiger charge is -2.07. The first-order chi connectivity index (χ1) is 13.1. The fourth-order valence-corrected chi connectivity index (χ4v) is 2.76. The van der Waals surface area contributed by atoms with Crippen molar-refractivity contribution in [1.29, 1.82) is 0 Å². The summed E-state index contributed by atoms with van der Waals surface area (Å²) >= 11 is 0. The van der Waals surface area contributed by atoms with Crippen LogP contribution in [-0.2, 0) is 16.0 Å². The monoisotopic (exact) mass is 373 g/mol. The molecule has 1 aromatic carbocycles. The van der Waals surface area contributed by atoms with Crippen LogP contribution in [-0.4, -0.2) is 32.7 Å². The topological polar surface area (TPSA) is 77.8 Å². The Morgan fingerprint density at radius 2 is 1.63 bits per heavy atom. The minimum Gasteiger partial charge on any atom is -0.465 e. The molecule has 1 aromatic heterocycles. The number of carbonyl (C=O) groups excluding carboxylic acids is 2. The highest BCUT2D eigenvalue weighted by atomic mass is 16.5. The fraction of sp³-hybridized carbons (Fsp3) is 0.429. The van der Waals surface area contributed by atoms with Crippen LogP contribution in [0.25, 0.3) is 11.3 Å². The lowest BCUT2D eigenvalue weighted by atomic mass is 10.0. The molecule has 6 nitrogen and oxygen atoms in total. The van der Waals surface area contributed by atoms with Crippen LogP contribution < -0.4 is 5.32 Å². The lowest BCUT2D eigenvalue weighted by Crippen LogP contribution is -2.14. The van der Waals surface area contributed by atoms with Crippen LogP contribution in [0.15, 0.2) is 34.7 Å². The van der Waals surface area contributed by atoms with Crippen molar-refractivity contribution in [2.45, 2.75) is 39.2 Å². The number of rotatable bonds is 10. The maximum absolute atomic E-state index is 11.9. The molecule has 0 saturated heterocycles. The molecule has 0 aliphatic rings. The van der Waals surface area contributed by atoms with Crippen molar-refractivity contribution in [3.8, 4) is 11.3 Å². The second-order valence-electron chi connectivity index (χ2n) is 6.29. The quantitative estimate of drug-likeness (QED) is 0.497. The number of methoxy groups -OCH3 is 2. The van der Waals surface area contributed by atoms with Gasteiger partial charge in [-0.3, -0.25) is 0 Å². The smallest absolute Gasteiger partial charge is 0.337 e. The summed E-state index contributed by atoms with van der Waals surface area (Å²) < 4.78 is 15.4. The molecule has 6 heteroatoms. The first kappa shape index (κ1) is 20.7. The van der Waals surface area contributed by atoms with Gasteiger partial charge in [-0.2, -0.15) is 0 Å². The molecule has 0 bridgehead atoms. The van der Waals surface area contributed by atoms with Crippen molar-refractivity contribution in [3.63, 3.8) is 0 Å². The van der Waals surface area contributed by atoms with E-state index in [1.807, 2.05) is 12.1 Å². The van der Waals surface area contributed by atoms with Gasteiger partial charge in [0.2, 0.25) is 0 Å². The number of nitrogens with one attached hydrogen (secondary N) is 1. The summed E-state index contributed by atoms with van der Waals surface area (Å²) in [5.74, 6) is 0.322. The van der Waals surface area contributed by atoms with Crippen LogP contribution in [0.2, 0.25) is 0 Å². The molecule has 0 radical (unpaired) electrons. The largest absolute Gasteiger partial charge is 0.465 e. The second kappa shape index (κ2) is 10.5. The zero-order valence-corrected chi connectivity index (χ0v) is 16.2. The van der Waals surface area contributed by atoms with Crippen LogP contribution in [0.4, 0.5) is 0 Å². The third-order valence-corrected chi connectivity index (χ3v) is 4.23. The lowest BCUT2D eigenvalue weighted by molar-refractivity contribution is 0.0599. The Kier molecular flexibility index (Phi) is 8.07. The summed E-state index contributed by atoms with van der Waals surface area (Å²) in [7, 11) is 2.59. The molecule has 1 N–H and O–H groups in total. The number of hydrogen-bond donors (Lipinski definition) is 1. The average Bonchev–Trinajstić information content (AvgIpc) is 3.18. The highest BCUT2D eigenvalue weighted by Crippen LogP contribution is 2.25. The van der Waals surface area contributed by atoms with Gasteiger partial charge in [-0.15, -0.1) is 0 Å². The van der Waals surface area contributed by atoms with Crippen LogP contribution in [0.1, 0.15) is 59.1 Å². The first-order valence-corrected chi connectivity index (χ1v) is 9.20. The van der Waals surface area contributed by atoms with Gasteiger partial charge in [0, 0.05) is 5.56 Å². The number of unbranched alkanes of at least 4 members (excludes halogenated alkanes) is 3. The summed E-state index contributed by atoms with van der Waals surface area (Å²) in [6, 6.07) is 8.43. The summed E-state index contributed by atoms with van der Waals surface area (Å²) in [5.41, 5.74) is 1.15. The first-order valence-electron chi connectivity index (χ1n) is 9.20. The second-order valence-corrected chi connectivity index (χ2v) is 6.29. The molecular weight excluding hydrogens is 346 g/mol. The molecule has 0 saturated carbocycles. The van der Waals surface area contributed by atoms with E-state index in [1.54, 1.807) is 12.1 Å². The number of esters is 2. The third kappa shape index (κ3) is 5.96. The van der Waals surface area contributed by atoms with Gasteiger partial charge in [0.25, 0.3) is 0 Å². The van der Waals surface area contributed by atoms with Gasteiger partial charge in [-0.1, -0.05) is 26.2 Å². The molecule has 0 aliphatic carbocycles. The molecule has 0 aliphatic heterocycles. The van der Waals surface area contributed by atoms with Crippen LogP contribution in [0, 0.1) is 0 Å². The molecule has 0 amide bonds. The Balaban J connectivity index is 2.11. The van der Waals surface area contributed by atoms with Gasteiger partial charge in [-0.05, 0) is 43.3 Å². The Morgan fingerprint density at radius 1 is 0.963 bits per heavy atom. The van der Waals surface area contributed by atoms with Gasteiger partial charge in [0.05, 0.1) is 31.9 Å². The van der Waals surface area contributed by atoms with Gasteiger partial charge in [0.1, 0.15) is 11.5 Å². The van der Waals surface area contributed by atoms with Crippen molar-refractivity contribution in [1.82, 2.24) is 5.32 Å². The number of carbonyl (C=O) groups is 2. The molecule has 0 unspecified atom stereocenters. The summed E-state index contributed by atoms with van der Waals surface area (Å²) in [6.07, 6.45) is 4.85. The number of hydrogen-bond acceptors (Lipinski definition) is 6. The van der Waals surface area contributed by atoms with Crippen LogP contribution in [0.3, 0.4) is 0 Å². The summed E-state index contributed by atoms with van der Waals surface area (Å²) in [4.78, 5) is 23.8. The van der Waals surface area contributed by atoms with Crippen molar-refractivity contribution in [2.75, 3.05) is 20.8 Å². The van der Waals surface area contributed by atoms with Gasteiger partial charge in [-0.25, -0.2) is 9.59 Å². The van der Waals surface area contributed by atoms with Gasteiger partial charge in [0.15, 0.2) is 0 Å². The molecule has 27 heavy (non-hydrogen) atoms. The molecule has 2 aromatic rings. The minimum absolute atomic E-state index is 0.266. The number of furan rings is 1. The van der Waals surface area contributed by atoms with E-state index in [0.717, 1.165) is 18.7 Å². The Hall–Kier alpha value is -2.60. The minimum atomic E-state index is -0.525. The average molecular weight is 373 g/mol. The van der Waals surface area contributed by atoms with E-state index < -0.39 is 11.9 Å². The Bertz CT molecular complexity index is 731. The van der Waals surface area contributed by atoms with Gasteiger partial charge >= 0.3 is 11.9 Å². The van der Waals surface area contributed by atoms with Crippen molar-refractivity contribution >= 4 is 11.9 Å². The normalized spacial score (nSPS) is 10.6. The molecule has 0 spiro atoms. The zero-order chi connectivity index (χ0) is 19.6. The Morgan fingerprint density at radius 3 is 2.22 bits per heavy atom. The molecule has 2 rings (SSSR count). The summed E-state index contributed by atoms with van der Waals surface area (Å²) in [6.45, 7) is 3.77. The van der Waals surface area contributed by atoms with E-state index in [1.165, 1.54) is 39.5 Å². The van der Waals surface area contributed by atoms with E-state index in [-0.39, 0.29) is 11.1 Å². The van der Waals surface area contributed by atoms with Gasteiger partial charge < -0.3 is 19.2 Å². The number of benzene rings is 1. The van der Waals surface area contributed by atoms with E-state index in [9.17, 15) is 9.59 Å². The van der Waals surface area contributed by atoms with Crippen molar-refractivity contribution in [3.05, 3.63) is 47.2 Å². The maximum atomic E-state index is 11.9. The molecular formula is C21H27NO5.